The SMILES string of the molecule is CC(C)CCCCCCCCCCCCCNc1ccc(C=O)cc1. The van der Waals surface area contributed by atoms with Gasteiger partial charge in [0.1, 0.15) is 6.29 Å². The average molecular weight is 346 g/mol. The lowest BCUT2D eigenvalue weighted by molar-refractivity contribution is 0.112. The molecule has 0 unspecified atom stereocenters. The fraction of sp³-hybridized carbons (Fsp3) is 0.696. The van der Waals surface area contributed by atoms with Crippen LogP contribution in [0.1, 0.15) is 101 Å². The summed E-state index contributed by atoms with van der Waals surface area (Å²) in [6.45, 7) is 5.67. The highest BCUT2D eigenvalue weighted by Crippen LogP contribution is 2.14. The van der Waals surface area contributed by atoms with E-state index in [1.807, 2.05) is 24.3 Å². The molecule has 0 bridgehead atoms. The van der Waals surface area contributed by atoms with Crippen molar-refractivity contribution >= 4 is 12.0 Å². The van der Waals surface area contributed by atoms with Gasteiger partial charge in [0.05, 0.1) is 0 Å². The van der Waals surface area contributed by atoms with Gasteiger partial charge in [0.2, 0.25) is 0 Å². The number of benzene rings is 1. The number of aldehydes is 1. The van der Waals surface area contributed by atoms with E-state index in [4.69, 9.17) is 0 Å². The van der Waals surface area contributed by atoms with Crippen molar-refractivity contribution in [1.82, 2.24) is 0 Å². The maximum atomic E-state index is 10.6. The number of nitrogens with one attached hydrogen (secondary N) is 1. The molecule has 0 spiro atoms. The smallest absolute Gasteiger partial charge is 0.150 e. The fourth-order valence-electron chi connectivity index (χ4n) is 3.18. The van der Waals surface area contributed by atoms with Crippen molar-refractivity contribution in [3.63, 3.8) is 0 Å². The van der Waals surface area contributed by atoms with Gasteiger partial charge in [0, 0.05) is 17.8 Å². The monoisotopic (exact) mass is 345 g/mol. The number of anilines is 1. The van der Waals surface area contributed by atoms with E-state index >= 15 is 0 Å². The third kappa shape index (κ3) is 12.7. The highest BCUT2D eigenvalue weighted by molar-refractivity contribution is 5.75. The Morgan fingerprint density at radius 1 is 0.760 bits per heavy atom. The number of carbonyl (C=O) groups excluding carboxylic acids is 1. The second-order valence-corrected chi connectivity index (χ2v) is 7.74. The van der Waals surface area contributed by atoms with E-state index in [1.54, 1.807) is 0 Å². The maximum absolute atomic E-state index is 10.6. The summed E-state index contributed by atoms with van der Waals surface area (Å²) >= 11 is 0. The maximum Gasteiger partial charge on any atom is 0.150 e. The van der Waals surface area contributed by atoms with Gasteiger partial charge in [-0.15, -0.1) is 0 Å². The summed E-state index contributed by atoms with van der Waals surface area (Å²) < 4.78 is 0. The van der Waals surface area contributed by atoms with Crippen LogP contribution in [0.25, 0.3) is 0 Å². The summed E-state index contributed by atoms with van der Waals surface area (Å²) in [6.07, 6.45) is 17.6. The van der Waals surface area contributed by atoms with Crippen molar-refractivity contribution in [2.24, 2.45) is 5.92 Å². The first kappa shape index (κ1) is 21.7. The normalized spacial score (nSPS) is 11.0. The Morgan fingerprint density at radius 3 is 1.72 bits per heavy atom. The Balaban J connectivity index is 1.80. The largest absolute Gasteiger partial charge is 0.385 e. The number of hydrogen-bond acceptors (Lipinski definition) is 2. The lowest BCUT2D eigenvalue weighted by atomic mass is 10.0. The van der Waals surface area contributed by atoms with E-state index in [0.29, 0.717) is 0 Å². The summed E-state index contributed by atoms with van der Waals surface area (Å²) in [5, 5.41) is 3.42. The molecule has 25 heavy (non-hydrogen) atoms. The summed E-state index contributed by atoms with van der Waals surface area (Å²) in [4.78, 5) is 10.6. The van der Waals surface area contributed by atoms with Crippen LogP contribution in [0.2, 0.25) is 0 Å². The Bertz CT molecular complexity index is 424. The van der Waals surface area contributed by atoms with Crippen LogP contribution in [0.5, 0.6) is 0 Å². The van der Waals surface area contributed by atoms with Crippen LogP contribution in [0, 0.1) is 5.92 Å². The lowest BCUT2D eigenvalue weighted by Crippen LogP contribution is -2.01. The highest BCUT2D eigenvalue weighted by Gasteiger charge is 1.96. The van der Waals surface area contributed by atoms with Gasteiger partial charge >= 0.3 is 0 Å². The molecule has 1 rings (SSSR count). The van der Waals surface area contributed by atoms with Crippen LogP contribution in [-0.4, -0.2) is 12.8 Å². The van der Waals surface area contributed by atoms with Crippen LogP contribution in [0.15, 0.2) is 24.3 Å². The lowest BCUT2D eigenvalue weighted by Gasteiger charge is -2.07. The first-order chi connectivity index (χ1) is 12.2. The first-order valence-corrected chi connectivity index (χ1v) is 10.5. The Hall–Kier alpha value is -1.31. The molecule has 0 aromatic heterocycles. The Kier molecular flexibility index (Phi) is 13.0. The van der Waals surface area contributed by atoms with Crippen molar-refractivity contribution in [2.45, 2.75) is 90.9 Å². The van der Waals surface area contributed by atoms with Gasteiger partial charge in [-0.05, 0) is 36.6 Å². The van der Waals surface area contributed by atoms with E-state index in [9.17, 15) is 4.79 Å². The van der Waals surface area contributed by atoms with Crippen molar-refractivity contribution in [2.75, 3.05) is 11.9 Å². The average Bonchev–Trinajstić information content (AvgIpc) is 2.62. The molecule has 0 saturated heterocycles. The minimum atomic E-state index is 0.737. The molecule has 0 atom stereocenters. The third-order valence-electron chi connectivity index (χ3n) is 4.83. The molecule has 0 radical (unpaired) electrons. The van der Waals surface area contributed by atoms with Crippen LogP contribution >= 0.6 is 0 Å². The quantitative estimate of drug-likeness (QED) is 0.252. The molecule has 1 aromatic rings. The minimum absolute atomic E-state index is 0.737. The summed E-state index contributed by atoms with van der Waals surface area (Å²) in [5.41, 5.74) is 1.85. The number of unbranched alkanes of at least 4 members (excludes halogenated alkanes) is 10. The molecule has 1 N–H and O–H groups in total. The second-order valence-electron chi connectivity index (χ2n) is 7.74. The van der Waals surface area contributed by atoms with E-state index in [2.05, 4.69) is 19.2 Å². The van der Waals surface area contributed by atoms with Gasteiger partial charge < -0.3 is 5.32 Å². The zero-order valence-corrected chi connectivity index (χ0v) is 16.6. The molecule has 2 nitrogen and oxygen atoms in total. The van der Waals surface area contributed by atoms with Crippen molar-refractivity contribution < 1.29 is 4.79 Å². The number of hydrogen-bond donors (Lipinski definition) is 1. The first-order valence-electron chi connectivity index (χ1n) is 10.5. The molecule has 0 saturated carbocycles. The van der Waals surface area contributed by atoms with Gasteiger partial charge in [0.15, 0.2) is 0 Å². The summed E-state index contributed by atoms with van der Waals surface area (Å²) in [5.74, 6) is 0.873. The molecule has 0 heterocycles. The molecule has 1 aromatic carbocycles. The standard InChI is InChI=1S/C23H39NO/c1-21(2)14-12-10-8-6-4-3-5-7-9-11-13-19-24-23-17-15-22(20-25)16-18-23/h15-18,20-21,24H,3-14,19H2,1-2H3. The van der Waals surface area contributed by atoms with E-state index in [0.717, 1.165) is 30.0 Å². The zero-order chi connectivity index (χ0) is 18.2. The molecule has 0 amide bonds. The third-order valence-corrected chi connectivity index (χ3v) is 4.83. The van der Waals surface area contributed by atoms with Crippen molar-refractivity contribution in [3.05, 3.63) is 29.8 Å². The van der Waals surface area contributed by atoms with Crippen LogP contribution in [0.3, 0.4) is 0 Å². The summed E-state index contributed by atoms with van der Waals surface area (Å²) in [6, 6.07) is 7.68. The van der Waals surface area contributed by atoms with Gasteiger partial charge in [-0.3, -0.25) is 4.79 Å². The molecule has 0 aliphatic carbocycles. The van der Waals surface area contributed by atoms with Gasteiger partial charge in [-0.1, -0.05) is 84.5 Å². The molecular formula is C23H39NO. The topological polar surface area (TPSA) is 29.1 Å². The van der Waals surface area contributed by atoms with E-state index in [1.165, 1.54) is 77.0 Å². The second kappa shape index (κ2) is 15.0. The van der Waals surface area contributed by atoms with Crippen LogP contribution in [0.4, 0.5) is 5.69 Å². The fourth-order valence-corrected chi connectivity index (χ4v) is 3.18. The van der Waals surface area contributed by atoms with Gasteiger partial charge in [-0.25, -0.2) is 0 Å². The van der Waals surface area contributed by atoms with Crippen molar-refractivity contribution in [3.8, 4) is 0 Å². The Labute approximate surface area is 155 Å². The summed E-state index contributed by atoms with van der Waals surface area (Å²) in [7, 11) is 0. The van der Waals surface area contributed by atoms with Crippen LogP contribution < -0.4 is 5.32 Å². The predicted molar refractivity (Wildman–Crippen MR) is 111 cm³/mol. The van der Waals surface area contributed by atoms with Crippen molar-refractivity contribution in [1.29, 1.82) is 0 Å². The molecule has 0 aliphatic heterocycles. The Morgan fingerprint density at radius 2 is 1.24 bits per heavy atom. The predicted octanol–water partition coefficient (Wildman–Crippen LogP) is 7.25. The molecule has 2 heteroatoms. The van der Waals surface area contributed by atoms with Gasteiger partial charge in [0.25, 0.3) is 0 Å². The number of carbonyl (C=O) groups is 1. The van der Waals surface area contributed by atoms with Gasteiger partial charge in [-0.2, -0.15) is 0 Å². The van der Waals surface area contributed by atoms with E-state index < -0.39 is 0 Å². The van der Waals surface area contributed by atoms with Crippen LogP contribution in [-0.2, 0) is 0 Å². The molecule has 142 valence electrons. The molecule has 0 aliphatic rings. The zero-order valence-electron chi connectivity index (χ0n) is 16.6. The highest BCUT2D eigenvalue weighted by atomic mass is 16.1. The van der Waals surface area contributed by atoms with E-state index in [-0.39, 0.29) is 0 Å². The minimum Gasteiger partial charge on any atom is -0.385 e. The molecule has 0 fully saturated rings. The number of rotatable bonds is 16. The molecular weight excluding hydrogens is 306 g/mol.